The number of carbonyl (C=O) groups is 1. The maximum atomic E-state index is 13.4. The fourth-order valence-corrected chi connectivity index (χ4v) is 4.11. The van der Waals surface area contributed by atoms with Gasteiger partial charge in [-0.1, -0.05) is 6.07 Å². The van der Waals surface area contributed by atoms with Crippen LogP contribution in [0.5, 0.6) is 11.5 Å². The molecule has 198 valence electrons. The van der Waals surface area contributed by atoms with Crippen LogP contribution in [0.15, 0.2) is 55.1 Å². The molecule has 1 fully saturated rings. The van der Waals surface area contributed by atoms with Gasteiger partial charge in [0.2, 0.25) is 5.91 Å². The van der Waals surface area contributed by atoms with Gasteiger partial charge < -0.3 is 24.8 Å². The Hall–Kier alpha value is -4.29. The minimum atomic E-state index is -0.422. The number of hydrogen-bond acceptors (Lipinski definition) is 9. The number of nitrogens with one attached hydrogen (secondary N) is 2. The van der Waals surface area contributed by atoms with Crippen molar-refractivity contribution in [1.29, 1.82) is 0 Å². The van der Waals surface area contributed by atoms with Gasteiger partial charge in [-0.25, -0.2) is 14.4 Å². The number of fused-ring (bicyclic) bond motifs is 1. The number of benzene rings is 2. The summed E-state index contributed by atoms with van der Waals surface area (Å²) in [6.07, 6.45) is 4.73. The third kappa shape index (κ3) is 6.33. The van der Waals surface area contributed by atoms with Gasteiger partial charge in [-0.2, -0.15) is 5.10 Å². The Morgan fingerprint density at radius 2 is 2.00 bits per heavy atom. The number of morpholine rings is 1. The van der Waals surface area contributed by atoms with Crippen LogP contribution in [-0.2, 0) is 16.1 Å². The van der Waals surface area contributed by atoms with Crippen molar-refractivity contribution in [2.45, 2.75) is 6.54 Å². The van der Waals surface area contributed by atoms with Crippen molar-refractivity contribution in [2.24, 2.45) is 0 Å². The smallest absolute Gasteiger partial charge is 0.246 e. The second-order valence-corrected chi connectivity index (χ2v) is 8.66. The number of methoxy groups -OCH3 is 1. The van der Waals surface area contributed by atoms with Crippen LogP contribution in [0.3, 0.4) is 0 Å². The van der Waals surface area contributed by atoms with E-state index in [0.717, 1.165) is 38.2 Å². The van der Waals surface area contributed by atoms with Crippen molar-refractivity contribution >= 4 is 34.0 Å². The van der Waals surface area contributed by atoms with Crippen molar-refractivity contribution < 1.29 is 23.4 Å². The maximum absolute atomic E-state index is 13.4. The minimum absolute atomic E-state index is 0.0406. The molecule has 0 atom stereocenters. The summed E-state index contributed by atoms with van der Waals surface area (Å²) in [7, 11) is 1.59. The fourth-order valence-electron chi connectivity index (χ4n) is 4.11. The van der Waals surface area contributed by atoms with Crippen LogP contribution in [0, 0.1) is 5.82 Å². The lowest BCUT2D eigenvalue weighted by Crippen LogP contribution is -2.38. The number of ether oxygens (including phenoxy) is 3. The van der Waals surface area contributed by atoms with Crippen molar-refractivity contribution in [2.75, 3.05) is 57.2 Å². The first-order valence-electron chi connectivity index (χ1n) is 12.2. The molecule has 0 spiro atoms. The molecule has 12 heteroatoms. The molecule has 0 saturated carbocycles. The molecule has 0 aliphatic carbocycles. The van der Waals surface area contributed by atoms with E-state index in [1.165, 1.54) is 29.2 Å². The summed E-state index contributed by atoms with van der Waals surface area (Å²) in [5, 5.41) is 10.9. The first-order valence-corrected chi connectivity index (χ1v) is 12.2. The van der Waals surface area contributed by atoms with Gasteiger partial charge in [0, 0.05) is 43.0 Å². The first-order chi connectivity index (χ1) is 18.6. The number of aromatic nitrogens is 4. The molecule has 0 bridgehead atoms. The highest BCUT2D eigenvalue weighted by Crippen LogP contribution is 2.34. The second kappa shape index (κ2) is 11.8. The van der Waals surface area contributed by atoms with Crippen LogP contribution in [0.4, 0.5) is 21.6 Å². The van der Waals surface area contributed by atoms with E-state index in [-0.39, 0.29) is 12.5 Å². The Kier molecular flexibility index (Phi) is 7.90. The van der Waals surface area contributed by atoms with Gasteiger partial charge in [0.15, 0.2) is 11.5 Å². The molecule has 2 N–H and O–H groups in total. The number of halogens is 1. The molecule has 4 aromatic rings. The quantitative estimate of drug-likeness (QED) is 0.325. The Balaban J connectivity index is 1.27. The van der Waals surface area contributed by atoms with Gasteiger partial charge in [0.1, 0.15) is 31.1 Å². The van der Waals surface area contributed by atoms with Crippen molar-refractivity contribution in [1.82, 2.24) is 24.6 Å². The molecule has 0 radical (unpaired) electrons. The summed E-state index contributed by atoms with van der Waals surface area (Å²) in [6, 6.07) is 9.38. The highest BCUT2D eigenvalue weighted by molar-refractivity contribution is 5.93. The van der Waals surface area contributed by atoms with Crippen LogP contribution in [-0.4, -0.2) is 77.1 Å². The first kappa shape index (κ1) is 25.4. The maximum Gasteiger partial charge on any atom is 0.246 e. The zero-order chi connectivity index (χ0) is 26.3. The van der Waals surface area contributed by atoms with E-state index in [4.69, 9.17) is 14.2 Å². The van der Waals surface area contributed by atoms with Gasteiger partial charge in [0.25, 0.3) is 0 Å². The Labute approximate surface area is 218 Å². The zero-order valence-corrected chi connectivity index (χ0v) is 20.9. The Bertz CT molecular complexity index is 1410. The molecule has 11 nitrogen and oxygen atoms in total. The lowest BCUT2D eigenvalue weighted by Gasteiger charge is -2.26. The highest BCUT2D eigenvalue weighted by atomic mass is 19.1. The molecule has 1 aliphatic rings. The van der Waals surface area contributed by atoms with Gasteiger partial charge in [-0.3, -0.25) is 14.4 Å². The number of hydrogen-bond donors (Lipinski definition) is 2. The minimum Gasteiger partial charge on any atom is -0.493 e. The highest BCUT2D eigenvalue weighted by Gasteiger charge is 2.15. The molecule has 5 rings (SSSR count). The molecular formula is C26H28FN7O4. The van der Waals surface area contributed by atoms with E-state index in [1.807, 2.05) is 12.1 Å². The van der Waals surface area contributed by atoms with Crippen molar-refractivity contribution in [3.8, 4) is 11.5 Å². The molecule has 0 unspecified atom stereocenters. The number of rotatable bonds is 10. The summed E-state index contributed by atoms with van der Waals surface area (Å²) in [4.78, 5) is 23.4. The average molecular weight is 522 g/mol. The van der Waals surface area contributed by atoms with Crippen LogP contribution < -0.4 is 20.1 Å². The molecular weight excluding hydrogens is 493 g/mol. The van der Waals surface area contributed by atoms with E-state index in [1.54, 1.807) is 25.6 Å². The van der Waals surface area contributed by atoms with Crippen LogP contribution in [0.2, 0.25) is 0 Å². The van der Waals surface area contributed by atoms with E-state index >= 15 is 0 Å². The number of carbonyl (C=O) groups excluding carboxylic acids is 1. The van der Waals surface area contributed by atoms with Gasteiger partial charge in [0.05, 0.1) is 37.7 Å². The standard InChI is InChI=1S/C26H28FN7O4/c1-36-23-13-22-21(12-24(23)38-10-7-33-5-8-37-9-6-33)26(29-17-28-22)32-20-14-30-34(15-20)16-25(35)31-19-4-2-3-18(27)11-19/h2-4,11-15,17H,5-10,16H2,1H3,(H,31,35)(H,28,29,32). The van der Waals surface area contributed by atoms with Gasteiger partial charge in [-0.15, -0.1) is 0 Å². The second-order valence-electron chi connectivity index (χ2n) is 8.66. The van der Waals surface area contributed by atoms with E-state index in [2.05, 4.69) is 30.6 Å². The van der Waals surface area contributed by atoms with E-state index in [9.17, 15) is 9.18 Å². The van der Waals surface area contributed by atoms with Gasteiger partial charge in [-0.05, 0) is 24.3 Å². The number of amides is 1. The van der Waals surface area contributed by atoms with Crippen LogP contribution in [0.1, 0.15) is 0 Å². The third-order valence-corrected chi connectivity index (χ3v) is 6.00. The van der Waals surface area contributed by atoms with Crippen LogP contribution >= 0.6 is 0 Å². The van der Waals surface area contributed by atoms with E-state index in [0.29, 0.717) is 40.8 Å². The Morgan fingerprint density at radius 1 is 1.13 bits per heavy atom. The zero-order valence-electron chi connectivity index (χ0n) is 20.9. The molecule has 38 heavy (non-hydrogen) atoms. The summed E-state index contributed by atoms with van der Waals surface area (Å²) in [5.41, 5.74) is 1.70. The lowest BCUT2D eigenvalue weighted by molar-refractivity contribution is -0.116. The lowest BCUT2D eigenvalue weighted by atomic mass is 10.2. The Morgan fingerprint density at radius 3 is 2.82 bits per heavy atom. The van der Waals surface area contributed by atoms with Crippen LogP contribution in [0.25, 0.3) is 10.9 Å². The molecule has 1 saturated heterocycles. The molecule has 2 aromatic heterocycles. The average Bonchev–Trinajstić information content (AvgIpc) is 3.35. The van der Waals surface area contributed by atoms with Gasteiger partial charge >= 0.3 is 0 Å². The fraction of sp³-hybridized carbons (Fsp3) is 0.308. The van der Waals surface area contributed by atoms with Crippen molar-refractivity contribution in [3.63, 3.8) is 0 Å². The number of nitrogens with zero attached hydrogens (tertiary/aromatic N) is 5. The largest absolute Gasteiger partial charge is 0.493 e. The predicted octanol–water partition coefficient (Wildman–Crippen LogP) is 3.07. The molecule has 1 amide bonds. The molecule has 1 aliphatic heterocycles. The normalized spacial score (nSPS) is 13.8. The summed E-state index contributed by atoms with van der Waals surface area (Å²) in [5.74, 6) is 0.981. The number of anilines is 3. The van der Waals surface area contributed by atoms with E-state index < -0.39 is 5.82 Å². The predicted molar refractivity (Wildman–Crippen MR) is 139 cm³/mol. The third-order valence-electron chi connectivity index (χ3n) is 6.00. The SMILES string of the molecule is COc1cc2ncnc(Nc3cnn(CC(=O)Nc4cccc(F)c4)c3)c2cc1OCCN1CCOCC1. The summed E-state index contributed by atoms with van der Waals surface area (Å²) in [6.45, 7) is 4.50. The summed E-state index contributed by atoms with van der Waals surface area (Å²) >= 11 is 0. The molecule has 3 heterocycles. The monoisotopic (exact) mass is 521 g/mol. The topological polar surface area (TPSA) is 116 Å². The molecule has 2 aromatic carbocycles. The van der Waals surface area contributed by atoms with Crippen molar-refractivity contribution in [3.05, 3.63) is 60.9 Å². The summed E-state index contributed by atoms with van der Waals surface area (Å²) < 4.78 is 31.8.